The zero-order valence-electron chi connectivity index (χ0n) is 13.5. The van der Waals surface area contributed by atoms with Crippen molar-refractivity contribution in [3.63, 3.8) is 0 Å². The van der Waals surface area contributed by atoms with E-state index in [-0.39, 0.29) is 24.4 Å². The van der Waals surface area contributed by atoms with Crippen LogP contribution < -0.4 is 5.32 Å². The minimum Gasteiger partial charge on any atom is -0.336 e. The minimum absolute atomic E-state index is 0. The summed E-state index contributed by atoms with van der Waals surface area (Å²) in [5, 5.41) is 3.36. The molecule has 0 spiro atoms. The molecule has 0 saturated carbocycles. The van der Waals surface area contributed by atoms with Crippen LogP contribution in [0.3, 0.4) is 0 Å². The molecule has 6 heteroatoms. The molecule has 1 aromatic heterocycles. The number of amides is 1. The predicted molar refractivity (Wildman–Crippen MR) is 92.9 cm³/mol. The van der Waals surface area contributed by atoms with E-state index in [1.807, 2.05) is 47.0 Å². The Kier molecular flexibility index (Phi) is 5.80. The second-order valence-electron chi connectivity index (χ2n) is 5.67. The van der Waals surface area contributed by atoms with Gasteiger partial charge in [0.1, 0.15) is 11.9 Å². The van der Waals surface area contributed by atoms with Crippen molar-refractivity contribution in [3.8, 4) is 0 Å². The number of hydrogen-bond acceptors (Lipinski definition) is 3. The normalized spacial score (nSPS) is 17.7. The molecule has 1 amide bonds. The smallest absolute Gasteiger partial charge is 0.254 e. The Morgan fingerprint density at radius 3 is 2.70 bits per heavy atom. The van der Waals surface area contributed by atoms with Gasteiger partial charge in [-0.15, -0.1) is 12.4 Å². The van der Waals surface area contributed by atoms with Crippen LogP contribution in [-0.4, -0.2) is 40.0 Å². The Labute approximate surface area is 143 Å². The zero-order chi connectivity index (χ0) is 15.5. The highest BCUT2D eigenvalue weighted by Gasteiger charge is 2.30. The van der Waals surface area contributed by atoms with E-state index in [4.69, 9.17) is 0 Å². The maximum Gasteiger partial charge on any atom is 0.254 e. The van der Waals surface area contributed by atoms with E-state index in [0.717, 1.165) is 30.9 Å². The van der Waals surface area contributed by atoms with Gasteiger partial charge in [0.2, 0.25) is 0 Å². The predicted octanol–water partition coefficient (Wildman–Crippen LogP) is 2.19. The largest absolute Gasteiger partial charge is 0.336 e. The van der Waals surface area contributed by atoms with Crippen LogP contribution in [-0.2, 0) is 13.5 Å². The molecule has 5 nitrogen and oxygen atoms in total. The Hall–Kier alpha value is -1.85. The molecule has 1 aromatic carbocycles. The van der Waals surface area contributed by atoms with E-state index < -0.39 is 0 Å². The van der Waals surface area contributed by atoms with Crippen LogP contribution in [0.25, 0.3) is 0 Å². The summed E-state index contributed by atoms with van der Waals surface area (Å²) in [7, 11) is 1.97. The standard InChI is InChI=1S/C17H22N4O.ClH/c1-3-13-4-6-14(7-5-13)17(22)21-11-8-18-12-15(21)16-19-9-10-20(16)2;/h4-7,9-10,15,18H,3,8,11-12H2,1-2H3;1H. The SMILES string of the molecule is CCc1ccc(C(=O)N2CCNCC2c2nccn2C)cc1.Cl. The van der Waals surface area contributed by atoms with E-state index in [1.54, 1.807) is 6.20 Å². The average molecular weight is 335 g/mol. The maximum absolute atomic E-state index is 12.9. The molecule has 1 aliphatic heterocycles. The second-order valence-corrected chi connectivity index (χ2v) is 5.67. The Morgan fingerprint density at radius 1 is 1.35 bits per heavy atom. The summed E-state index contributed by atoms with van der Waals surface area (Å²) in [4.78, 5) is 19.2. The number of aromatic nitrogens is 2. The van der Waals surface area contributed by atoms with Crippen molar-refractivity contribution >= 4 is 18.3 Å². The van der Waals surface area contributed by atoms with Gasteiger partial charge in [0.15, 0.2) is 0 Å². The van der Waals surface area contributed by atoms with Gasteiger partial charge in [0.05, 0.1) is 0 Å². The van der Waals surface area contributed by atoms with Crippen LogP contribution in [0.15, 0.2) is 36.7 Å². The van der Waals surface area contributed by atoms with Crippen molar-refractivity contribution in [2.75, 3.05) is 19.6 Å². The van der Waals surface area contributed by atoms with E-state index in [1.165, 1.54) is 5.56 Å². The molecular weight excluding hydrogens is 312 g/mol. The summed E-state index contributed by atoms with van der Waals surface area (Å²) in [5.74, 6) is 1.00. The number of nitrogens with zero attached hydrogens (tertiary/aromatic N) is 3. The lowest BCUT2D eigenvalue weighted by molar-refractivity contribution is 0.0621. The van der Waals surface area contributed by atoms with Gasteiger partial charge in [-0.2, -0.15) is 0 Å². The molecular formula is C17H23ClN4O. The molecule has 1 N–H and O–H groups in total. The van der Waals surface area contributed by atoms with E-state index in [2.05, 4.69) is 17.2 Å². The van der Waals surface area contributed by atoms with Crippen LogP contribution in [0.5, 0.6) is 0 Å². The fourth-order valence-electron chi connectivity index (χ4n) is 2.93. The molecule has 0 radical (unpaired) electrons. The average Bonchev–Trinajstić information content (AvgIpc) is 3.00. The monoisotopic (exact) mass is 334 g/mol. The summed E-state index contributed by atoms with van der Waals surface area (Å²) in [6, 6.07) is 7.90. The molecule has 3 rings (SSSR count). The molecule has 1 atom stereocenters. The lowest BCUT2D eigenvalue weighted by Crippen LogP contribution is -2.49. The Bertz CT molecular complexity index is 653. The first-order chi connectivity index (χ1) is 10.7. The van der Waals surface area contributed by atoms with Crippen LogP contribution >= 0.6 is 12.4 Å². The Balaban J connectivity index is 0.00000192. The van der Waals surface area contributed by atoms with Crippen molar-refractivity contribution in [3.05, 3.63) is 53.6 Å². The molecule has 2 heterocycles. The summed E-state index contributed by atoms with van der Waals surface area (Å²) in [5.41, 5.74) is 2.00. The molecule has 1 unspecified atom stereocenters. The number of carbonyl (C=O) groups is 1. The van der Waals surface area contributed by atoms with Crippen molar-refractivity contribution in [2.45, 2.75) is 19.4 Å². The van der Waals surface area contributed by atoms with Gasteiger partial charge in [0, 0.05) is 44.6 Å². The zero-order valence-corrected chi connectivity index (χ0v) is 14.3. The number of halogens is 1. The van der Waals surface area contributed by atoms with Crippen LogP contribution in [0.2, 0.25) is 0 Å². The highest BCUT2D eigenvalue weighted by atomic mass is 35.5. The fourth-order valence-corrected chi connectivity index (χ4v) is 2.93. The molecule has 124 valence electrons. The van der Waals surface area contributed by atoms with Gasteiger partial charge in [-0.05, 0) is 24.1 Å². The Morgan fingerprint density at radius 2 is 2.09 bits per heavy atom. The summed E-state index contributed by atoms with van der Waals surface area (Å²) in [6.45, 7) is 4.37. The van der Waals surface area contributed by atoms with Gasteiger partial charge in [0.25, 0.3) is 5.91 Å². The third-order valence-corrected chi connectivity index (χ3v) is 4.27. The number of carbonyl (C=O) groups excluding carboxylic acids is 1. The lowest BCUT2D eigenvalue weighted by atomic mass is 10.1. The van der Waals surface area contributed by atoms with Gasteiger partial charge in [-0.3, -0.25) is 4.79 Å². The molecule has 1 fully saturated rings. The molecule has 2 aromatic rings. The number of rotatable bonds is 3. The first-order valence-corrected chi connectivity index (χ1v) is 7.78. The summed E-state index contributed by atoms with van der Waals surface area (Å²) < 4.78 is 1.98. The number of benzene rings is 1. The minimum atomic E-state index is -0.0212. The first-order valence-electron chi connectivity index (χ1n) is 7.78. The fraction of sp³-hybridized carbons (Fsp3) is 0.412. The van der Waals surface area contributed by atoms with Crippen LogP contribution in [0.1, 0.15) is 34.7 Å². The van der Waals surface area contributed by atoms with Crippen molar-refractivity contribution in [1.82, 2.24) is 19.8 Å². The number of piperazine rings is 1. The summed E-state index contributed by atoms with van der Waals surface area (Å²) >= 11 is 0. The second kappa shape index (κ2) is 7.62. The van der Waals surface area contributed by atoms with E-state index >= 15 is 0 Å². The molecule has 0 aliphatic carbocycles. The number of hydrogen-bond donors (Lipinski definition) is 1. The highest BCUT2D eigenvalue weighted by Crippen LogP contribution is 2.22. The molecule has 1 saturated heterocycles. The van der Waals surface area contributed by atoms with Crippen molar-refractivity contribution in [1.29, 1.82) is 0 Å². The number of aryl methyl sites for hydroxylation is 2. The number of nitrogens with one attached hydrogen (secondary N) is 1. The van der Waals surface area contributed by atoms with Crippen molar-refractivity contribution < 1.29 is 4.79 Å². The van der Waals surface area contributed by atoms with Crippen LogP contribution in [0.4, 0.5) is 0 Å². The molecule has 23 heavy (non-hydrogen) atoms. The lowest BCUT2D eigenvalue weighted by Gasteiger charge is -2.35. The number of imidazole rings is 1. The van der Waals surface area contributed by atoms with Gasteiger partial charge in [-0.25, -0.2) is 4.98 Å². The van der Waals surface area contributed by atoms with Gasteiger partial charge in [-0.1, -0.05) is 19.1 Å². The van der Waals surface area contributed by atoms with Crippen molar-refractivity contribution in [2.24, 2.45) is 7.05 Å². The first kappa shape index (κ1) is 17.5. The van der Waals surface area contributed by atoms with E-state index in [9.17, 15) is 4.79 Å². The van der Waals surface area contributed by atoms with Crippen LogP contribution in [0, 0.1) is 0 Å². The van der Waals surface area contributed by atoms with Gasteiger partial charge >= 0.3 is 0 Å². The molecule has 0 bridgehead atoms. The van der Waals surface area contributed by atoms with E-state index in [0.29, 0.717) is 6.54 Å². The topological polar surface area (TPSA) is 50.2 Å². The highest BCUT2D eigenvalue weighted by molar-refractivity contribution is 5.94. The third-order valence-electron chi connectivity index (χ3n) is 4.27. The molecule has 1 aliphatic rings. The maximum atomic E-state index is 12.9. The third kappa shape index (κ3) is 3.57. The summed E-state index contributed by atoms with van der Waals surface area (Å²) in [6.07, 6.45) is 4.68. The van der Waals surface area contributed by atoms with Gasteiger partial charge < -0.3 is 14.8 Å². The quantitative estimate of drug-likeness (QED) is 0.936.